The summed E-state index contributed by atoms with van der Waals surface area (Å²) in [5, 5.41) is 5.55. The maximum absolute atomic E-state index is 12.7. The van der Waals surface area contributed by atoms with E-state index in [2.05, 4.69) is 35.5 Å². The van der Waals surface area contributed by atoms with Crippen LogP contribution in [0.5, 0.6) is 0 Å². The van der Waals surface area contributed by atoms with E-state index in [1.807, 2.05) is 11.3 Å². The Balaban J connectivity index is 1.74. The van der Waals surface area contributed by atoms with E-state index in [0.29, 0.717) is 11.8 Å². The normalized spacial score (nSPS) is 31.1. The second kappa shape index (κ2) is 5.25. The molecule has 3 nitrogen and oxygen atoms in total. The number of nitrogens with zero attached hydrogens (tertiary/aromatic N) is 1. The molecule has 3 heterocycles. The van der Waals surface area contributed by atoms with Gasteiger partial charge in [-0.05, 0) is 55.7 Å². The number of carbonyl (C=O) groups is 1. The van der Waals surface area contributed by atoms with Crippen LogP contribution in [-0.4, -0.2) is 29.9 Å². The van der Waals surface area contributed by atoms with E-state index in [-0.39, 0.29) is 12.1 Å². The second-order valence-electron chi connectivity index (χ2n) is 5.89. The lowest BCUT2D eigenvalue weighted by atomic mass is 9.92. The van der Waals surface area contributed by atoms with Crippen molar-refractivity contribution in [2.75, 3.05) is 13.1 Å². The van der Waals surface area contributed by atoms with Gasteiger partial charge in [0.15, 0.2) is 0 Å². The van der Waals surface area contributed by atoms with Gasteiger partial charge < -0.3 is 10.2 Å². The molecule has 3 unspecified atom stereocenters. The zero-order valence-electron chi connectivity index (χ0n) is 11.7. The minimum Gasteiger partial charge on any atom is -0.334 e. The Kier molecular flexibility index (Phi) is 3.63. The summed E-state index contributed by atoms with van der Waals surface area (Å²) >= 11 is 1.83. The molecule has 1 N–H and O–H groups in total. The van der Waals surface area contributed by atoms with Gasteiger partial charge in [0, 0.05) is 11.4 Å². The van der Waals surface area contributed by atoms with E-state index in [4.69, 9.17) is 0 Å². The van der Waals surface area contributed by atoms with Crippen LogP contribution in [0, 0.1) is 5.92 Å². The largest absolute Gasteiger partial charge is 0.334 e. The molecule has 0 saturated carbocycles. The highest BCUT2D eigenvalue weighted by atomic mass is 32.1. The summed E-state index contributed by atoms with van der Waals surface area (Å²) < 4.78 is 0. The molecule has 2 aliphatic rings. The first kappa shape index (κ1) is 13.1. The Hall–Kier alpha value is -0.870. The molecule has 3 atom stereocenters. The molecule has 0 aliphatic carbocycles. The van der Waals surface area contributed by atoms with E-state index in [9.17, 15) is 4.79 Å². The maximum Gasteiger partial charge on any atom is 0.240 e. The fourth-order valence-electron chi connectivity index (χ4n) is 3.31. The van der Waals surface area contributed by atoms with Gasteiger partial charge in [0.25, 0.3) is 0 Å². The van der Waals surface area contributed by atoms with E-state index in [0.717, 1.165) is 25.9 Å². The Bertz CT molecular complexity index is 470. The average molecular weight is 278 g/mol. The third-order valence-electron chi connectivity index (χ3n) is 4.52. The number of rotatable bonds is 1. The van der Waals surface area contributed by atoms with Gasteiger partial charge in [0.1, 0.15) is 0 Å². The van der Waals surface area contributed by atoms with Crippen molar-refractivity contribution in [3.05, 3.63) is 21.9 Å². The minimum atomic E-state index is 0.0337. The van der Waals surface area contributed by atoms with Crippen LogP contribution in [0.25, 0.3) is 0 Å². The summed E-state index contributed by atoms with van der Waals surface area (Å²) in [5.74, 6) is 0.961. The van der Waals surface area contributed by atoms with Crippen molar-refractivity contribution in [3.8, 4) is 0 Å². The van der Waals surface area contributed by atoms with Gasteiger partial charge in [0.05, 0.1) is 12.1 Å². The van der Waals surface area contributed by atoms with Gasteiger partial charge in [-0.3, -0.25) is 4.79 Å². The maximum atomic E-state index is 12.7. The first-order valence-corrected chi connectivity index (χ1v) is 8.15. The Morgan fingerprint density at radius 3 is 3.11 bits per heavy atom. The van der Waals surface area contributed by atoms with Crippen molar-refractivity contribution in [1.29, 1.82) is 0 Å². The third-order valence-corrected chi connectivity index (χ3v) is 5.52. The van der Waals surface area contributed by atoms with Gasteiger partial charge in [-0.15, -0.1) is 11.3 Å². The van der Waals surface area contributed by atoms with Gasteiger partial charge in [-0.2, -0.15) is 0 Å². The van der Waals surface area contributed by atoms with Gasteiger partial charge in [0.2, 0.25) is 5.91 Å². The second-order valence-corrected chi connectivity index (χ2v) is 6.89. The number of nitrogens with one attached hydrogen (secondary N) is 1. The van der Waals surface area contributed by atoms with Crippen molar-refractivity contribution in [3.63, 3.8) is 0 Å². The van der Waals surface area contributed by atoms with Crippen LogP contribution in [0.2, 0.25) is 0 Å². The molecule has 0 radical (unpaired) electrons. The molecular weight excluding hydrogens is 256 g/mol. The Morgan fingerprint density at radius 2 is 2.32 bits per heavy atom. The molecular formula is C15H22N2OS. The van der Waals surface area contributed by atoms with Gasteiger partial charge in [-0.1, -0.05) is 6.92 Å². The molecule has 19 heavy (non-hydrogen) atoms. The molecule has 4 heteroatoms. The number of fused-ring (bicyclic) bond motifs is 1. The monoisotopic (exact) mass is 278 g/mol. The van der Waals surface area contributed by atoms with Crippen molar-refractivity contribution in [2.24, 2.45) is 5.92 Å². The van der Waals surface area contributed by atoms with Crippen molar-refractivity contribution in [2.45, 2.75) is 45.2 Å². The first-order chi connectivity index (χ1) is 9.16. The van der Waals surface area contributed by atoms with Crippen molar-refractivity contribution in [1.82, 2.24) is 10.2 Å². The van der Waals surface area contributed by atoms with Crippen LogP contribution in [0.1, 0.15) is 43.2 Å². The Morgan fingerprint density at radius 1 is 1.47 bits per heavy atom. The summed E-state index contributed by atoms with van der Waals surface area (Å²) in [4.78, 5) is 16.2. The van der Waals surface area contributed by atoms with Crippen LogP contribution >= 0.6 is 11.3 Å². The predicted octanol–water partition coefficient (Wildman–Crippen LogP) is 2.58. The van der Waals surface area contributed by atoms with E-state index < -0.39 is 0 Å². The van der Waals surface area contributed by atoms with Gasteiger partial charge >= 0.3 is 0 Å². The van der Waals surface area contributed by atoms with E-state index >= 15 is 0 Å². The van der Waals surface area contributed by atoms with Crippen LogP contribution < -0.4 is 5.32 Å². The Labute approximate surface area is 119 Å². The number of hydrogen-bond acceptors (Lipinski definition) is 3. The predicted molar refractivity (Wildman–Crippen MR) is 78.3 cm³/mol. The molecule has 1 saturated heterocycles. The van der Waals surface area contributed by atoms with Crippen LogP contribution in [0.15, 0.2) is 11.4 Å². The number of piperidine rings is 1. The molecule has 1 aromatic rings. The van der Waals surface area contributed by atoms with Crippen molar-refractivity contribution < 1.29 is 4.79 Å². The summed E-state index contributed by atoms with van der Waals surface area (Å²) in [7, 11) is 0. The molecule has 1 fully saturated rings. The highest BCUT2D eigenvalue weighted by Crippen LogP contribution is 2.33. The standard InChI is InChI=1S/C15H22N2OS/c1-10-3-6-16-13(9-10)15(18)17-7-4-14-12(11(17)2)5-8-19-14/h5,8,10-11,13,16H,3-4,6-7,9H2,1-2H3. The average Bonchev–Trinajstić information content (AvgIpc) is 2.88. The highest BCUT2D eigenvalue weighted by molar-refractivity contribution is 7.10. The van der Waals surface area contributed by atoms with E-state index in [1.54, 1.807) is 0 Å². The van der Waals surface area contributed by atoms with Crippen LogP contribution in [-0.2, 0) is 11.2 Å². The summed E-state index contributed by atoms with van der Waals surface area (Å²) in [6, 6.07) is 2.45. The third kappa shape index (κ3) is 2.43. The molecule has 3 rings (SSSR count). The molecule has 104 valence electrons. The minimum absolute atomic E-state index is 0.0337. The smallest absolute Gasteiger partial charge is 0.240 e. The lowest BCUT2D eigenvalue weighted by Crippen LogP contribution is -2.52. The summed E-state index contributed by atoms with van der Waals surface area (Å²) in [6.07, 6.45) is 3.19. The molecule has 0 bridgehead atoms. The van der Waals surface area contributed by atoms with Crippen LogP contribution in [0.3, 0.4) is 0 Å². The fraction of sp³-hybridized carbons (Fsp3) is 0.667. The zero-order chi connectivity index (χ0) is 13.4. The molecule has 2 aliphatic heterocycles. The SMILES string of the molecule is CC1CCNC(C(=O)N2CCc3sccc3C2C)C1. The zero-order valence-corrected chi connectivity index (χ0v) is 12.5. The molecule has 1 amide bonds. The topological polar surface area (TPSA) is 32.3 Å². The molecule has 0 aromatic carbocycles. The van der Waals surface area contributed by atoms with Crippen molar-refractivity contribution >= 4 is 17.2 Å². The lowest BCUT2D eigenvalue weighted by Gasteiger charge is -2.38. The number of hydrogen-bond donors (Lipinski definition) is 1. The number of carbonyl (C=O) groups excluding carboxylic acids is 1. The number of amides is 1. The molecule has 0 spiro atoms. The van der Waals surface area contributed by atoms with Crippen LogP contribution in [0.4, 0.5) is 0 Å². The van der Waals surface area contributed by atoms with Gasteiger partial charge in [-0.25, -0.2) is 0 Å². The fourth-order valence-corrected chi connectivity index (χ4v) is 4.27. The lowest BCUT2D eigenvalue weighted by molar-refractivity contribution is -0.137. The highest BCUT2D eigenvalue weighted by Gasteiger charge is 2.34. The summed E-state index contributed by atoms with van der Waals surface area (Å²) in [6.45, 7) is 6.26. The first-order valence-electron chi connectivity index (χ1n) is 7.27. The molecule has 1 aromatic heterocycles. The quantitative estimate of drug-likeness (QED) is 0.856. The summed E-state index contributed by atoms with van der Waals surface area (Å²) in [5.41, 5.74) is 1.36. The van der Waals surface area contributed by atoms with E-state index in [1.165, 1.54) is 16.9 Å². The number of thiophene rings is 1.